The third-order valence-corrected chi connectivity index (χ3v) is 5.74. The molecule has 0 bridgehead atoms. The molecule has 1 N–H and O–H groups in total. The molecule has 4 nitrogen and oxygen atoms in total. The Morgan fingerprint density at radius 2 is 1.90 bits per heavy atom. The number of hydrogen-bond acceptors (Lipinski definition) is 4. The van der Waals surface area contributed by atoms with E-state index in [2.05, 4.69) is 0 Å². The second-order valence-corrected chi connectivity index (χ2v) is 7.36. The van der Waals surface area contributed by atoms with Crippen LogP contribution < -0.4 is 5.46 Å². The Balaban J connectivity index is 2.13. The molecule has 1 aliphatic heterocycles. The standard InChI is InChI=1S/C13H9BCl2O4S/c15-9-2-4-13(12(16)5-9)21(18,19)10-3-1-8-7-20-14(17)11(8)6-10/h1-6,17H,7H2. The maximum absolute atomic E-state index is 12.6. The van der Waals surface area contributed by atoms with Gasteiger partial charge in [-0.25, -0.2) is 8.42 Å². The lowest BCUT2D eigenvalue weighted by Crippen LogP contribution is -2.28. The summed E-state index contributed by atoms with van der Waals surface area (Å²) >= 11 is 11.8. The van der Waals surface area contributed by atoms with E-state index in [1.807, 2.05) is 0 Å². The molecule has 21 heavy (non-hydrogen) atoms. The molecule has 0 aliphatic carbocycles. The highest BCUT2D eigenvalue weighted by Crippen LogP contribution is 2.30. The quantitative estimate of drug-likeness (QED) is 0.848. The molecule has 0 radical (unpaired) electrons. The van der Waals surface area contributed by atoms with Gasteiger partial charge in [-0.1, -0.05) is 29.3 Å². The molecule has 0 amide bonds. The molecule has 0 spiro atoms. The third-order valence-electron chi connectivity index (χ3n) is 3.27. The van der Waals surface area contributed by atoms with E-state index < -0.39 is 17.0 Å². The Hall–Kier alpha value is -1.05. The Morgan fingerprint density at radius 3 is 2.62 bits per heavy atom. The zero-order chi connectivity index (χ0) is 15.2. The lowest BCUT2D eigenvalue weighted by molar-refractivity contribution is 0.275. The van der Waals surface area contributed by atoms with Gasteiger partial charge in [0.1, 0.15) is 0 Å². The third kappa shape index (κ3) is 2.58. The van der Waals surface area contributed by atoms with Gasteiger partial charge in [0.2, 0.25) is 9.84 Å². The lowest BCUT2D eigenvalue weighted by Gasteiger charge is -2.08. The minimum absolute atomic E-state index is 0.0260. The van der Waals surface area contributed by atoms with Gasteiger partial charge in [0.25, 0.3) is 0 Å². The Morgan fingerprint density at radius 1 is 1.14 bits per heavy atom. The van der Waals surface area contributed by atoms with E-state index in [0.717, 1.165) is 5.56 Å². The van der Waals surface area contributed by atoms with Crippen LogP contribution in [0.15, 0.2) is 46.2 Å². The minimum Gasteiger partial charge on any atom is -0.423 e. The van der Waals surface area contributed by atoms with Crippen LogP contribution in [0.3, 0.4) is 0 Å². The van der Waals surface area contributed by atoms with Crippen molar-refractivity contribution in [3.05, 3.63) is 52.0 Å². The van der Waals surface area contributed by atoms with Gasteiger partial charge in [-0.15, -0.1) is 0 Å². The molecular weight excluding hydrogens is 334 g/mol. The van der Waals surface area contributed by atoms with Gasteiger partial charge in [0.15, 0.2) is 0 Å². The van der Waals surface area contributed by atoms with Crippen molar-refractivity contribution in [2.24, 2.45) is 0 Å². The van der Waals surface area contributed by atoms with Crippen LogP contribution >= 0.6 is 23.2 Å². The Labute approximate surface area is 132 Å². The van der Waals surface area contributed by atoms with E-state index in [1.165, 1.54) is 30.3 Å². The maximum Gasteiger partial charge on any atom is 0.491 e. The monoisotopic (exact) mass is 342 g/mol. The number of sulfone groups is 1. The summed E-state index contributed by atoms with van der Waals surface area (Å²) in [7, 11) is -4.89. The number of hydrogen-bond donors (Lipinski definition) is 1. The second-order valence-electron chi connectivity index (χ2n) is 4.60. The normalized spacial score (nSPS) is 14.3. The average Bonchev–Trinajstić information content (AvgIpc) is 2.79. The summed E-state index contributed by atoms with van der Waals surface area (Å²) in [5.74, 6) is 0. The van der Waals surface area contributed by atoms with Gasteiger partial charge < -0.3 is 9.68 Å². The summed E-state index contributed by atoms with van der Waals surface area (Å²) in [6, 6.07) is 8.71. The summed E-state index contributed by atoms with van der Waals surface area (Å²) in [5, 5.41) is 10.1. The highest BCUT2D eigenvalue weighted by molar-refractivity contribution is 7.91. The molecular formula is C13H9BCl2O4S. The van der Waals surface area contributed by atoms with E-state index in [0.29, 0.717) is 10.5 Å². The van der Waals surface area contributed by atoms with Gasteiger partial charge in [0.05, 0.1) is 21.4 Å². The van der Waals surface area contributed by atoms with Crippen molar-refractivity contribution in [1.29, 1.82) is 0 Å². The van der Waals surface area contributed by atoms with Gasteiger partial charge in [-0.2, -0.15) is 0 Å². The van der Waals surface area contributed by atoms with E-state index in [4.69, 9.17) is 27.9 Å². The first-order chi connectivity index (χ1) is 9.89. The molecule has 0 saturated heterocycles. The van der Waals surface area contributed by atoms with E-state index in [-0.39, 0.29) is 21.4 Å². The molecule has 8 heteroatoms. The van der Waals surface area contributed by atoms with Crippen molar-refractivity contribution in [2.75, 3.05) is 0 Å². The Kier molecular flexibility index (Phi) is 3.75. The molecule has 3 rings (SSSR count). The Bertz CT molecular complexity index is 823. The number of fused-ring (bicyclic) bond motifs is 1. The first-order valence-corrected chi connectivity index (χ1v) is 8.26. The van der Waals surface area contributed by atoms with Crippen LogP contribution in [0.2, 0.25) is 10.0 Å². The van der Waals surface area contributed by atoms with E-state index >= 15 is 0 Å². The number of benzene rings is 2. The van der Waals surface area contributed by atoms with Crippen LogP contribution in [0.4, 0.5) is 0 Å². The summed E-state index contributed by atoms with van der Waals surface area (Å²) in [6.07, 6.45) is 0. The molecule has 0 atom stereocenters. The SMILES string of the molecule is O=S(=O)(c1ccc2c(c1)B(O)OC2)c1ccc(Cl)cc1Cl. The van der Waals surface area contributed by atoms with Crippen LogP contribution in [0.1, 0.15) is 5.56 Å². The van der Waals surface area contributed by atoms with Crippen molar-refractivity contribution < 1.29 is 18.1 Å². The molecule has 0 aromatic heterocycles. The molecule has 1 aliphatic rings. The fourth-order valence-corrected chi connectivity index (χ4v) is 4.24. The molecule has 0 fully saturated rings. The second kappa shape index (κ2) is 5.30. The predicted octanol–water partition coefficient (Wildman–Crippen LogP) is 2.04. The summed E-state index contributed by atoms with van der Waals surface area (Å²) in [5.41, 5.74) is 1.23. The summed E-state index contributed by atoms with van der Waals surface area (Å²) in [6.45, 7) is 0.262. The fraction of sp³-hybridized carbons (Fsp3) is 0.0769. The summed E-state index contributed by atoms with van der Waals surface area (Å²) in [4.78, 5) is 0.0249. The van der Waals surface area contributed by atoms with Crippen LogP contribution in [0.25, 0.3) is 0 Å². The zero-order valence-electron chi connectivity index (χ0n) is 10.6. The molecule has 0 saturated carbocycles. The highest BCUT2D eigenvalue weighted by atomic mass is 35.5. The van der Waals surface area contributed by atoms with Crippen LogP contribution in [-0.4, -0.2) is 20.6 Å². The lowest BCUT2D eigenvalue weighted by atomic mass is 9.80. The first kappa shape index (κ1) is 14.9. The van der Waals surface area contributed by atoms with Gasteiger partial charge in [0, 0.05) is 5.02 Å². The minimum atomic E-state index is -3.79. The van der Waals surface area contributed by atoms with Gasteiger partial charge >= 0.3 is 7.12 Å². The maximum atomic E-state index is 12.6. The number of halogens is 2. The van der Waals surface area contributed by atoms with Crippen LogP contribution in [0.5, 0.6) is 0 Å². The van der Waals surface area contributed by atoms with Crippen molar-refractivity contribution in [3.63, 3.8) is 0 Å². The predicted molar refractivity (Wildman–Crippen MR) is 80.8 cm³/mol. The topological polar surface area (TPSA) is 63.6 Å². The van der Waals surface area contributed by atoms with Crippen molar-refractivity contribution in [3.8, 4) is 0 Å². The smallest absolute Gasteiger partial charge is 0.423 e. The zero-order valence-corrected chi connectivity index (χ0v) is 12.9. The average molecular weight is 343 g/mol. The van der Waals surface area contributed by atoms with Crippen LogP contribution in [-0.2, 0) is 21.1 Å². The summed E-state index contributed by atoms with van der Waals surface area (Å²) < 4.78 is 30.3. The molecule has 108 valence electrons. The largest absolute Gasteiger partial charge is 0.491 e. The molecule has 0 unspecified atom stereocenters. The number of rotatable bonds is 2. The molecule has 2 aromatic carbocycles. The molecule has 2 aromatic rings. The van der Waals surface area contributed by atoms with Crippen LogP contribution in [0, 0.1) is 0 Å². The van der Waals surface area contributed by atoms with Crippen molar-refractivity contribution in [1.82, 2.24) is 0 Å². The fourth-order valence-electron chi connectivity index (χ4n) is 2.18. The van der Waals surface area contributed by atoms with E-state index in [9.17, 15) is 13.4 Å². The van der Waals surface area contributed by atoms with Gasteiger partial charge in [-0.3, -0.25) is 0 Å². The first-order valence-electron chi connectivity index (χ1n) is 6.02. The molecule has 1 heterocycles. The highest BCUT2D eigenvalue weighted by Gasteiger charge is 2.30. The van der Waals surface area contributed by atoms with Crippen molar-refractivity contribution >= 4 is 45.6 Å². The van der Waals surface area contributed by atoms with Crippen molar-refractivity contribution in [2.45, 2.75) is 16.4 Å². The van der Waals surface area contributed by atoms with E-state index in [1.54, 1.807) is 6.07 Å². The van der Waals surface area contributed by atoms with Gasteiger partial charge in [-0.05, 0) is 41.4 Å².